The second-order valence-electron chi connectivity index (χ2n) is 8.64. The lowest BCUT2D eigenvalue weighted by Gasteiger charge is -2.41. The Morgan fingerprint density at radius 1 is 1.03 bits per heavy atom. The Labute approximate surface area is 170 Å². The van der Waals surface area contributed by atoms with Crippen LogP contribution in [0.25, 0.3) is 0 Å². The number of halogens is 2. The Morgan fingerprint density at radius 3 is 2.38 bits per heavy atom. The van der Waals surface area contributed by atoms with E-state index >= 15 is 0 Å². The number of carbonyl (C=O) groups is 1. The standard InChI is InChI=1S/C20H28F2N2O4S/c1-20(2,3)28-19(25)23-11-6-8-17(23)18-7-4-5-12-24(18)29(26,27)14-9-10-15(21)16(22)13-14/h9-10,13,17-18H,4-8,11-12H2,1-3H3/t17-,18+/m0/s1. The molecule has 1 aromatic rings. The molecule has 2 heterocycles. The first-order valence-electron chi connectivity index (χ1n) is 9.97. The molecule has 2 aliphatic rings. The number of likely N-dealkylation sites (tertiary alicyclic amines) is 1. The monoisotopic (exact) mass is 430 g/mol. The second-order valence-corrected chi connectivity index (χ2v) is 10.5. The van der Waals surface area contributed by atoms with Gasteiger partial charge in [-0.2, -0.15) is 4.31 Å². The molecule has 2 saturated heterocycles. The molecular formula is C20H28F2N2O4S. The molecule has 0 saturated carbocycles. The van der Waals surface area contributed by atoms with Crippen LogP contribution in [0.15, 0.2) is 23.1 Å². The van der Waals surface area contributed by atoms with E-state index < -0.39 is 39.4 Å². The lowest BCUT2D eigenvalue weighted by atomic mass is 9.96. The number of benzene rings is 1. The Bertz CT molecular complexity index is 870. The highest BCUT2D eigenvalue weighted by Crippen LogP contribution is 2.34. The Balaban J connectivity index is 1.89. The number of rotatable bonds is 3. The minimum Gasteiger partial charge on any atom is -0.444 e. The van der Waals surface area contributed by atoms with Gasteiger partial charge in [0.1, 0.15) is 5.60 Å². The molecule has 9 heteroatoms. The smallest absolute Gasteiger partial charge is 0.410 e. The summed E-state index contributed by atoms with van der Waals surface area (Å²) in [5.74, 6) is -2.29. The Morgan fingerprint density at radius 2 is 1.72 bits per heavy atom. The predicted molar refractivity (Wildman–Crippen MR) is 104 cm³/mol. The fourth-order valence-corrected chi connectivity index (χ4v) is 5.86. The summed E-state index contributed by atoms with van der Waals surface area (Å²) in [6, 6.07) is 1.90. The minimum atomic E-state index is -4.02. The van der Waals surface area contributed by atoms with Gasteiger partial charge in [-0.25, -0.2) is 22.0 Å². The zero-order chi connectivity index (χ0) is 21.4. The van der Waals surface area contributed by atoms with Crippen LogP contribution in [-0.4, -0.2) is 54.5 Å². The van der Waals surface area contributed by atoms with Gasteiger partial charge in [0.25, 0.3) is 0 Å². The van der Waals surface area contributed by atoms with E-state index in [2.05, 4.69) is 0 Å². The topological polar surface area (TPSA) is 66.9 Å². The lowest BCUT2D eigenvalue weighted by molar-refractivity contribution is 0.0145. The zero-order valence-corrected chi connectivity index (χ0v) is 17.8. The number of piperidine rings is 1. The first-order chi connectivity index (χ1) is 13.5. The van der Waals surface area contributed by atoms with Gasteiger partial charge >= 0.3 is 6.09 Å². The van der Waals surface area contributed by atoms with Crippen LogP contribution in [0.4, 0.5) is 13.6 Å². The van der Waals surface area contributed by atoms with Gasteiger partial charge < -0.3 is 9.64 Å². The quantitative estimate of drug-likeness (QED) is 0.729. The van der Waals surface area contributed by atoms with Crippen LogP contribution < -0.4 is 0 Å². The molecule has 162 valence electrons. The van der Waals surface area contributed by atoms with Gasteiger partial charge in [-0.1, -0.05) is 6.42 Å². The molecule has 0 radical (unpaired) electrons. The van der Waals surface area contributed by atoms with E-state index in [-0.39, 0.29) is 17.5 Å². The largest absolute Gasteiger partial charge is 0.444 e. The Hall–Kier alpha value is -1.74. The van der Waals surface area contributed by atoms with Gasteiger partial charge in [0.05, 0.1) is 10.9 Å². The van der Waals surface area contributed by atoms with Crippen LogP contribution in [0.5, 0.6) is 0 Å². The molecule has 2 fully saturated rings. The van der Waals surface area contributed by atoms with Crippen molar-refractivity contribution in [3.63, 3.8) is 0 Å². The van der Waals surface area contributed by atoms with Crippen LogP contribution in [0.3, 0.4) is 0 Å². The maximum atomic E-state index is 13.7. The molecule has 0 bridgehead atoms. The molecule has 1 aromatic carbocycles. The maximum Gasteiger partial charge on any atom is 0.410 e. The third-order valence-corrected chi connectivity index (χ3v) is 7.29. The molecule has 0 aliphatic carbocycles. The fourth-order valence-electron chi connectivity index (χ4n) is 4.13. The molecule has 29 heavy (non-hydrogen) atoms. The average molecular weight is 431 g/mol. The van der Waals surface area contributed by atoms with E-state index in [0.717, 1.165) is 31.0 Å². The number of carbonyl (C=O) groups excluding carboxylic acids is 1. The van der Waals surface area contributed by atoms with Crippen molar-refractivity contribution in [2.75, 3.05) is 13.1 Å². The number of amides is 1. The van der Waals surface area contributed by atoms with E-state index in [1.165, 1.54) is 4.31 Å². The molecule has 0 N–H and O–H groups in total. The van der Waals surface area contributed by atoms with Crippen LogP contribution >= 0.6 is 0 Å². The molecular weight excluding hydrogens is 402 g/mol. The molecule has 6 nitrogen and oxygen atoms in total. The van der Waals surface area contributed by atoms with Crippen LogP contribution in [0.1, 0.15) is 52.9 Å². The average Bonchev–Trinajstić information content (AvgIpc) is 3.12. The van der Waals surface area contributed by atoms with Crippen LogP contribution in [0, 0.1) is 11.6 Å². The number of ether oxygens (including phenoxy) is 1. The van der Waals surface area contributed by atoms with Crippen molar-refractivity contribution in [2.45, 2.75) is 75.5 Å². The minimum absolute atomic E-state index is 0.273. The molecule has 0 spiro atoms. The molecule has 2 atom stereocenters. The molecule has 0 aromatic heterocycles. The first kappa shape index (κ1) is 22.0. The van der Waals surface area contributed by atoms with Gasteiger partial charge in [0, 0.05) is 19.1 Å². The molecule has 2 aliphatic heterocycles. The van der Waals surface area contributed by atoms with Crippen LogP contribution in [0.2, 0.25) is 0 Å². The SMILES string of the molecule is CC(C)(C)OC(=O)N1CCC[C@H]1[C@H]1CCCCN1S(=O)(=O)c1ccc(F)c(F)c1. The van der Waals surface area contributed by atoms with Crippen molar-refractivity contribution >= 4 is 16.1 Å². The predicted octanol–water partition coefficient (Wildman–Crippen LogP) is 3.91. The van der Waals surface area contributed by atoms with Crippen molar-refractivity contribution in [2.24, 2.45) is 0 Å². The number of hydrogen-bond donors (Lipinski definition) is 0. The van der Waals surface area contributed by atoms with Crippen molar-refractivity contribution in [1.29, 1.82) is 0 Å². The first-order valence-corrected chi connectivity index (χ1v) is 11.4. The third kappa shape index (κ3) is 4.71. The van der Waals surface area contributed by atoms with Crippen molar-refractivity contribution in [3.8, 4) is 0 Å². The van der Waals surface area contributed by atoms with E-state index in [9.17, 15) is 22.0 Å². The van der Waals surface area contributed by atoms with Gasteiger partial charge in [0.15, 0.2) is 11.6 Å². The normalized spacial score (nSPS) is 24.0. The lowest BCUT2D eigenvalue weighted by Crippen LogP contribution is -2.55. The molecule has 0 unspecified atom stereocenters. The van der Waals surface area contributed by atoms with Crippen molar-refractivity contribution in [3.05, 3.63) is 29.8 Å². The summed E-state index contributed by atoms with van der Waals surface area (Å²) in [5.41, 5.74) is -0.645. The number of hydrogen-bond acceptors (Lipinski definition) is 4. The van der Waals surface area contributed by atoms with E-state index in [1.807, 2.05) is 0 Å². The summed E-state index contributed by atoms with van der Waals surface area (Å²) in [4.78, 5) is 14.0. The summed E-state index contributed by atoms with van der Waals surface area (Å²) in [7, 11) is -4.02. The van der Waals surface area contributed by atoms with E-state index in [1.54, 1.807) is 25.7 Å². The molecule has 1 amide bonds. The number of nitrogens with zero attached hydrogens (tertiary/aromatic N) is 2. The van der Waals surface area contributed by atoms with E-state index in [4.69, 9.17) is 4.74 Å². The fraction of sp³-hybridized carbons (Fsp3) is 0.650. The van der Waals surface area contributed by atoms with Gasteiger partial charge in [-0.05, 0) is 64.7 Å². The third-order valence-electron chi connectivity index (χ3n) is 5.37. The highest BCUT2D eigenvalue weighted by atomic mass is 32.2. The summed E-state index contributed by atoms with van der Waals surface area (Å²) < 4.78 is 60.3. The highest BCUT2D eigenvalue weighted by molar-refractivity contribution is 7.89. The second kappa shape index (κ2) is 8.18. The van der Waals surface area contributed by atoms with Crippen molar-refractivity contribution < 1.29 is 26.7 Å². The molecule has 3 rings (SSSR count). The number of sulfonamides is 1. The Kier molecular flexibility index (Phi) is 6.19. The summed E-state index contributed by atoms with van der Waals surface area (Å²) >= 11 is 0. The van der Waals surface area contributed by atoms with Crippen molar-refractivity contribution in [1.82, 2.24) is 9.21 Å². The van der Waals surface area contributed by atoms with Gasteiger partial charge in [-0.15, -0.1) is 0 Å². The summed E-state index contributed by atoms with van der Waals surface area (Å²) in [5, 5.41) is 0. The summed E-state index contributed by atoms with van der Waals surface area (Å²) in [6.45, 7) is 6.16. The highest BCUT2D eigenvalue weighted by Gasteiger charge is 2.44. The zero-order valence-electron chi connectivity index (χ0n) is 17.0. The maximum absolute atomic E-state index is 13.7. The van der Waals surface area contributed by atoms with Crippen LogP contribution in [-0.2, 0) is 14.8 Å². The van der Waals surface area contributed by atoms with E-state index in [0.29, 0.717) is 25.8 Å². The van der Waals surface area contributed by atoms with Gasteiger partial charge in [-0.3, -0.25) is 0 Å². The van der Waals surface area contributed by atoms with Gasteiger partial charge in [0.2, 0.25) is 10.0 Å². The summed E-state index contributed by atoms with van der Waals surface area (Å²) in [6.07, 6.45) is 3.11.